The van der Waals surface area contributed by atoms with Crippen LogP contribution < -0.4 is 4.90 Å². The van der Waals surface area contributed by atoms with Crippen molar-refractivity contribution < 1.29 is 0 Å². The molecule has 0 fully saturated rings. The summed E-state index contributed by atoms with van der Waals surface area (Å²) in [5, 5.41) is 0.458. The fourth-order valence-electron chi connectivity index (χ4n) is 1.36. The first-order valence-electron chi connectivity index (χ1n) is 4.58. The Hall–Kier alpha value is -0.830. The minimum Gasteiger partial charge on any atom is -0.357 e. The van der Waals surface area contributed by atoms with Crippen LogP contribution in [0.15, 0.2) is 12.4 Å². The number of rotatable bonds is 2. The number of anilines is 1. The molecule has 0 bridgehead atoms. The van der Waals surface area contributed by atoms with E-state index >= 15 is 0 Å². The van der Waals surface area contributed by atoms with Gasteiger partial charge in [0.15, 0.2) is 11.0 Å². The Morgan fingerprint density at radius 2 is 1.86 bits per heavy atom. The van der Waals surface area contributed by atoms with Crippen LogP contribution in [-0.4, -0.2) is 23.6 Å². The molecule has 0 N–H and O–H groups in total. The number of hydrogen-bond acceptors (Lipinski definition) is 3. The zero-order chi connectivity index (χ0) is 10.8. The van der Waals surface area contributed by atoms with Gasteiger partial charge in [0.1, 0.15) is 0 Å². The first-order chi connectivity index (χ1) is 6.40. The molecule has 0 unspecified atom stereocenters. The van der Waals surface area contributed by atoms with Crippen molar-refractivity contribution in [3.8, 4) is 0 Å². The SMILES string of the molecule is CN(CC(C)(C)C)c1nccnc1Cl. The Kier molecular flexibility index (Phi) is 3.32. The standard InChI is InChI=1S/C10H16ClN3/c1-10(2,3)7-14(4)9-8(11)12-5-6-13-9/h5-6H,7H2,1-4H3. The minimum absolute atomic E-state index is 0.218. The maximum Gasteiger partial charge on any atom is 0.171 e. The lowest BCUT2D eigenvalue weighted by molar-refractivity contribution is 0.417. The molecule has 0 amide bonds. The molecule has 78 valence electrons. The molecule has 4 heteroatoms. The molecule has 0 radical (unpaired) electrons. The predicted octanol–water partition coefficient (Wildman–Crippen LogP) is 2.61. The van der Waals surface area contributed by atoms with Gasteiger partial charge in [0, 0.05) is 26.0 Å². The summed E-state index contributed by atoms with van der Waals surface area (Å²) in [4.78, 5) is 10.2. The van der Waals surface area contributed by atoms with Crippen LogP contribution in [0, 0.1) is 5.41 Å². The van der Waals surface area contributed by atoms with E-state index in [1.165, 1.54) is 0 Å². The van der Waals surface area contributed by atoms with E-state index in [-0.39, 0.29) is 5.41 Å². The molecular weight excluding hydrogens is 198 g/mol. The van der Waals surface area contributed by atoms with Gasteiger partial charge in [-0.05, 0) is 5.41 Å². The van der Waals surface area contributed by atoms with Crippen LogP contribution in [0.3, 0.4) is 0 Å². The van der Waals surface area contributed by atoms with Gasteiger partial charge in [-0.3, -0.25) is 0 Å². The van der Waals surface area contributed by atoms with E-state index < -0.39 is 0 Å². The number of hydrogen-bond donors (Lipinski definition) is 0. The van der Waals surface area contributed by atoms with Crippen molar-refractivity contribution in [2.24, 2.45) is 5.41 Å². The quantitative estimate of drug-likeness (QED) is 0.756. The van der Waals surface area contributed by atoms with Crippen LogP contribution in [0.5, 0.6) is 0 Å². The number of nitrogens with zero attached hydrogens (tertiary/aromatic N) is 3. The van der Waals surface area contributed by atoms with Crippen molar-refractivity contribution in [2.45, 2.75) is 20.8 Å². The van der Waals surface area contributed by atoms with Crippen molar-refractivity contribution in [3.63, 3.8) is 0 Å². The van der Waals surface area contributed by atoms with Gasteiger partial charge < -0.3 is 4.90 Å². The van der Waals surface area contributed by atoms with Gasteiger partial charge in [0.25, 0.3) is 0 Å². The average molecular weight is 214 g/mol. The van der Waals surface area contributed by atoms with Crippen molar-refractivity contribution in [1.29, 1.82) is 0 Å². The molecular formula is C10H16ClN3. The summed E-state index contributed by atoms with van der Waals surface area (Å²) >= 11 is 5.93. The average Bonchev–Trinajstić information content (AvgIpc) is 2.01. The first kappa shape index (κ1) is 11.2. The molecule has 0 aliphatic rings. The monoisotopic (exact) mass is 213 g/mol. The summed E-state index contributed by atoms with van der Waals surface area (Å²) in [6.45, 7) is 7.42. The summed E-state index contributed by atoms with van der Waals surface area (Å²) in [7, 11) is 1.97. The maximum absolute atomic E-state index is 5.93. The molecule has 0 aromatic carbocycles. The zero-order valence-corrected chi connectivity index (χ0v) is 9.84. The van der Waals surface area contributed by atoms with Crippen LogP contribution in [0.25, 0.3) is 0 Å². The molecule has 1 aromatic rings. The second kappa shape index (κ2) is 4.13. The molecule has 0 aliphatic carbocycles. The Balaban J connectivity index is 2.80. The van der Waals surface area contributed by atoms with Gasteiger partial charge in [0.2, 0.25) is 0 Å². The van der Waals surface area contributed by atoms with Gasteiger partial charge in [-0.25, -0.2) is 9.97 Å². The van der Waals surface area contributed by atoms with E-state index in [0.29, 0.717) is 5.15 Å². The molecule has 1 heterocycles. The lowest BCUT2D eigenvalue weighted by Gasteiger charge is -2.27. The summed E-state index contributed by atoms with van der Waals surface area (Å²) < 4.78 is 0. The minimum atomic E-state index is 0.218. The molecule has 1 rings (SSSR count). The smallest absolute Gasteiger partial charge is 0.171 e. The van der Waals surface area contributed by atoms with E-state index in [4.69, 9.17) is 11.6 Å². The van der Waals surface area contributed by atoms with E-state index in [9.17, 15) is 0 Å². The molecule has 0 aliphatic heterocycles. The summed E-state index contributed by atoms with van der Waals surface area (Å²) in [6, 6.07) is 0. The molecule has 14 heavy (non-hydrogen) atoms. The zero-order valence-electron chi connectivity index (χ0n) is 9.08. The van der Waals surface area contributed by atoms with Crippen molar-refractivity contribution in [2.75, 3.05) is 18.5 Å². The lowest BCUT2D eigenvalue weighted by Crippen LogP contribution is -2.30. The Bertz CT molecular complexity index is 306. The van der Waals surface area contributed by atoms with Crippen LogP contribution >= 0.6 is 11.6 Å². The van der Waals surface area contributed by atoms with E-state index in [2.05, 4.69) is 30.7 Å². The maximum atomic E-state index is 5.93. The van der Waals surface area contributed by atoms with Gasteiger partial charge in [0.05, 0.1) is 0 Å². The molecule has 0 atom stereocenters. The second-order valence-electron chi connectivity index (χ2n) is 4.59. The fraction of sp³-hybridized carbons (Fsp3) is 0.600. The van der Waals surface area contributed by atoms with E-state index in [1.807, 2.05) is 11.9 Å². The third-order valence-corrected chi connectivity index (χ3v) is 1.98. The molecule has 0 spiro atoms. The first-order valence-corrected chi connectivity index (χ1v) is 4.95. The third kappa shape index (κ3) is 3.14. The van der Waals surface area contributed by atoms with Crippen LogP contribution in [0.4, 0.5) is 5.82 Å². The third-order valence-electron chi connectivity index (χ3n) is 1.71. The summed E-state index contributed by atoms with van der Waals surface area (Å²) in [5.41, 5.74) is 0.218. The van der Waals surface area contributed by atoms with Crippen molar-refractivity contribution in [3.05, 3.63) is 17.5 Å². The van der Waals surface area contributed by atoms with Gasteiger partial charge in [-0.2, -0.15) is 0 Å². The Labute approximate surface area is 90.1 Å². The van der Waals surface area contributed by atoms with E-state index in [0.717, 1.165) is 12.4 Å². The van der Waals surface area contributed by atoms with Crippen molar-refractivity contribution in [1.82, 2.24) is 9.97 Å². The number of aromatic nitrogens is 2. The lowest BCUT2D eigenvalue weighted by atomic mass is 9.96. The summed E-state index contributed by atoms with van der Waals surface area (Å²) in [5.74, 6) is 0.740. The highest BCUT2D eigenvalue weighted by atomic mass is 35.5. The van der Waals surface area contributed by atoms with Gasteiger partial charge in [-0.1, -0.05) is 32.4 Å². The predicted molar refractivity (Wildman–Crippen MR) is 59.8 cm³/mol. The molecule has 1 aromatic heterocycles. The highest BCUT2D eigenvalue weighted by molar-refractivity contribution is 6.31. The van der Waals surface area contributed by atoms with Gasteiger partial charge in [-0.15, -0.1) is 0 Å². The molecule has 0 saturated heterocycles. The van der Waals surface area contributed by atoms with Gasteiger partial charge >= 0.3 is 0 Å². The van der Waals surface area contributed by atoms with Crippen LogP contribution in [0.2, 0.25) is 5.15 Å². The topological polar surface area (TPSA) is 29.0 Å². The highest BCUT2D eigenvalue weighted by Crippen LogP contribution is 2.22. The van der Waals surface area contributed by atoms with Crippen LogP contribution in [-0.2, 0) is 0 Å². The van der Waals surface area contributed by atoms with E-state index in [1.54, 1.807) is 12.4 Å². The second-order valence-corrected chi connectivity index (χ2v) is 4.95. The highest BCUT2D eigenvalue weighted by Gasteiger charge is 2.16. The molecule has 3 nitrogen and oxygen atoms in total. The number of halogens is 1. The van der Waals surface area contributed by atoms with Crippen molar-refractivity contribution >= 4 is 17.4 Å². The molecule has 0 saturated carbocycles. The summed E-state index contributed by atoms with van der Waals surface area (Å²) in [6.07, 6.45) is 3.25. The fourth-order valence-corrected chi connectivity index (χ4v) is 1.61. The van der Waals surface area contributed by atoms with Crippen LogP contribution in [0.1, 0.15) is 20.8 Å². The largest absolute Gasteiger partial charge is 0.357 e. The Morgan fingerprint density at radius 1 is 1.29 bits per heavy atom. The Morgan fingerprint density at radius 3 is 2.36 bits per heavy atom. The normalized spacial score (nSPS) is 11.5.